The van der Waals surface area contributed by atoms with E-state index in [0.717, 1.165) is 11.8 Å². The molecule has 1 heterocycles. The van der Waals surface area contributed by atoms with Crippen LogP contribution < -0.4 is 4.90 Å². The second-order valence-corrected chi connectivity index (χ2v) is 22.3. The molecule has 67 heavy (non-hydrogen) atoms. The third kappa shape index (κ3) is 5.26. The zero-order valence-corrected chi connectivity index (χ0v) is 38.9. The van der Waals surface area contributed by atoms with Crippen molar-refractivity contribution in [2.45, 2.75) is 56.8 Å². The zero-order chi connectivity index (χ0) is 44.2. The molecule has 0 radical (unpaired) electrons. The van der Waals surface area contributed by atoms with Crippen molar-refractivity contribution >= 4 is 59.3 Å². The van der Waals surface area contributed by atoms with E-state index in [4.69, 9.17) is 0 Å². The van der Waals surface area contributed by atoms with Crippen LogP contribution in [0.15, 0.2) is 188 Å². The molecule has 0 saturated heterocycles. The lowest BCUT2D eigenvalue weighted by Gasteiger charge is -2.61. The Labute approximate surface area is 397 Å². The van der Waals surface area contributed by atoms with Crippen LogP contribution in [0.5, 0.6) is 0 Å². The highest BCUT2D eigenvalue weighted by molar-refractivity contribution is 7.26. The topological polar surface area (TPSA) is 3.24 Å². The lowest BCUT2D eigenvalue weighted by Crippen LogP contribution is -2.55. The van der Waals surface area contributed by atoms with E-state index in [1.54, 1.807) is 11.1 Å². The normalized spacial score (nSPS) is 22.4. The van der Waals surface area contributed by atoms with Gasteiger partial charge in [0.1, 0.15) is 0 Å². The summed E-state index contributed by atoms with van der Waals surface area (Å²) in [7, 11) is 0. The van der Waals surface area contributed by atoms with Gasteiger partial charge in [-0.25, -0.2) is 0 Å². The van der Waals surface area contributed by atoms with Gasteiger partial charge < -0.3 is 4.90 Å². The van der Waals surface area contributed by atoms with Crippen LogP contribution in [0.2, 0.25) is 0 Å². The molecule has 16 rings (SSSR count). The minimum atomic E-state index is -0.0850. The van der Waals surface area contributed by atoms with Gasteiger partial charge in [-0.05, 0) is 176 Å². The predicted molar refractivity (Wildman–Crippen MR) is 283 cm³/mol. The van der Waals surface area contributed by atoms with Gasteiger partial charge in [-0.2, -0.15) is 0 Å². The van der Waals surface area contributed by atoms with Crippen molar-refractivity contribution in [3.8, 4) is 44.5 Å². The van der Waals surface area contributed by atoms with Crippen molar-refractivity contribution in [3.05, 3.63) is 210 Å². The number of benzene rings is 9. The summed E-state index contributed by atoms with van der Waals surface area (Å²) in [4.78, 5) is 2.54. The van der Waals surface area contributed by atoms with Gasteiger partial charge in [-0.1, -0.05) is 159 Å². The summed E-state index contributed by atoms with van der Waals surface area (Å²) in [6, 6.07) is 72.2. The molecule has 6 aliphatic rings. The fourth-order valence-corrected chi connectivity index (χ4v) is 16.5. The number of nitrogens with zero attached hydrogens (tertiary/aromatic N) is 1. The minimum absolute atomic E-state index is 0.0850. The third-order valence-corrected chi connectivity index (χ3v) is 18.8. The van der Waals surface area contributed by atoms with Gasteiger partial charge in [-0.3, -0.25) is 0 Å². The van der Waals surface area contributed by atoms with Gasteiger partial charge >= 0.3 is 0 Å². The maximum Gasteiger partial charge on any atom is 0.0465 e. The first kappa shape index (κ1) is 38.4. The largest absolute Gasteiger partial charge is 0.310 e. The van der Waals surface area contributed by atoms with Crippen molar-refractivity contribution in [2.75, 3.05) is 4.90 Å². The molecule has 322 valence electrons. The highest BCUT2D eigenvalue weighted by Gasteiger charge is 2.61. The third-order valence-electron chi connectivity index (χ3n) is 17.6. The average Bonchev–Trinajstić information content (AvgIpc) is 3.98. The molecule has 0 aliphatic heterocycles. The molecule has 4 fully saturated rings. The second-order valence-electron chi connectivity index (χ2n) is 21.2. The van der Waals surface area contributed by atoms with E-state index in [0.29, 0.717) is 11.8 Å². The van der Waals surface area contributed by atoms with Crippen molar-refractivity contribution < 1.29 is 0 Å². The van der Waals surface area contributed by atoms with Gasteiger partial charge in [0, 0.05) is 48.1 Å². The van der Waals surface area contributed by atoms with Crippen LogP contribution in [0.25, 0.3) is 75.5 Å². The standard InChI is InChI=1S/C65H51NS/c1-64(2)57-18-7-5-14-53(57)55-17-9-16-50(62(55)64)43-23-28-47(29-24-43)66(46-26-21-42(22-27-46)49-15-10-20-60-61(49)56-31-25-41-11-3-4-12-51(41)63(56)67-60)48-30-32-54-52-13-6-8-19-58(52)65(59(54)38-48)44-34-39-33-40(36-44)37-45(65)35-39/h3-32,38-40,44-45H,33-37H2,1-2H3. The first-order valence-electron chi connectivity index (χ1n) is 24.8. The summed E-state index contributed by atoms with van der Waals surface area (Å²) in [6.45, 7) is 4.79. The van der Waals surface area contributed by atoms with E-state index in [-0.39, 0.29) is 10.8 Å². The van der Waals surface area contributed by atoms with Crippen LogP contribution in [0.1, 0.15) is 68.2 Å². The molecular weight excluding hydrogens is 827 g/mol. The van der Waals surface area contributed by atoms with Crippen LogP contribution in [0, 0.1) is 23.7 Å². The molecule has 0 N–H and O–H groups in total. The fourth-order valence-electron chi connectivity index (χ4n) is 15.2. The van der Waals surface area contributed by atoms with Crippen molar-refractivity contribution in [1.29, 1.82) is 0 Å². The maximum atomic E-state index is 2.64. The number of hydrogen-bond donors (Lipinski definition) is 0. The highest BCUT2D eigenvalue weighted by Crippen LogP contribution is 2.69. The molecule has 9 aromatic carbocycles. The number of rotatable bonds is 5. The van der Waals surface area contributed by atoms with Crippen LogP contribution >= 0.6 is 11.3 Å². The summed E-state index contributed by atoms with van der Waals surface area (Å²) >= 11 is 1.92. The molecule has 0 amide bonds. The van der Waals surface area contributed by atoms with Gasteiger partial charge in [-0.15, -0.1) is 11.3 Å². The minimum Gasteiger partial charge on any atom is -0.310 e. The zero-order valence-electron chi connectivity index (χ0n) is 38.1. The maximum absolute atomic E-state index is 2.64. The number of thiophene rings is 1. The Bertz CT molecular complexity index is 3650. The smallest absolute Gasteiger partial charge is 0.0465 e. The fraction of sp³-hybridized carbons (Fsp3) is 0.200. The van der Waals surface area contributed by atoms with Crippen LogP contribution in [-0.4, -0.2) is 0 Å². The Morgan fingerprint density at radius 2 is 1.00 bits per heavy atom. The summed E-state index contributed by atoms with van der Waals surface area (Å²) in [5.74, 6) is 3.24. The van der Waals surface area contributed by atoms with Gasteiger partial charge in [0.25, 0.3) is 0 Å². The second kappa shape index (κ2) is 13.9. The molecule has 6 aliphatic carbocycles. The quantitative estimate of drug-likeness (QED) is 0.166. The van der Waals surface area contributed by atoms with E-state index in [2.05, 4.69) is 207 Å². The monoisotopic (exact) mass is 877 g/mol. The molecule has 2 heteroatoms. The Hall–Kier alpha value is -6.74. The summed E-state index contributed by atoms with van der Waals surface area (Å²) < 4.78 is 2.71. The molecule has 1 spiro atoms. The number of hydrogen-bond acceptors (Lipinski definition) is 2. The summed E-state index contributed by atoms with van der Waals surface area (Å²) in [6.07, 6.45) is 6.98. The van der Waals surface area contributed by atoms with Crippen molar-refractivity contribution in [2.24, 2.45) is 23.7 Å². The Balaban J connectivity index is 0.883. The molecule has 4 bridgehead atoms. The Kier molecular flexibility index (Phi) is 7.97. The van der Waals surface area contributed by atoms with Crippen LogP contribution in [-0.2, 0) is 10.8 Å². The van der Waals surface area contributed by atoms with E-state index < -0.39 is 0 Å². The van der Waals surface area contributed by atoms with Crippen LogP contribution in [0.3, 0.4) is 0 Å². The van der Waals surface area contributed by atoms with E-state index in [9.17, 15) is 0 Å². The highest BCUT2D eigenvalue weighted by atomic mass is 32.1. The van der Waals surface area contributed by atoms with E-state index in [1.165, 1.54) is 136 Å². The predicted octanol–water partition coefficient (Wildman–Crippen LogP) is 18.0. The average molecular weight is 878 g/mol. The molecular formula is C65H51NS. The molecule has 10 aromatic rings. The van der Waals surface area contributed by atoms with Crippen molar-refractivity contribution in [3.63, 3.8) is 0 Å². The molecule has 1 aromatic heterocycles. The van der Waals surface area contributed by atoms with E-state index >= 15 is 0 Å². The van der Waals surface area contributed by atoms with Gasteiger partial charge in [0.15, 0.2) is 0 Å². The molecule has 1 nitrogen and oxygen atoms in total. The van der Waals surface area contributed by atoms with Gasteiger partial charge in [0.2, 0.25) is 0 Å². The Morgan fingerprint density at radius 1 is 0.433 bits per heavy atom. The summed E-state index contributed by atoms with van der Waals surface area (Å²) in [5, 5.41) is 5.33. The molecule has 0 atom stereocenters. The number of anilines is 3. The lowest BCUT2D eigenvalue weighted by molar-refractivity contribution is -0.0399. The first-order chi connectivity index (χ1) is 32.9. The lowest BCUT2D eigenvalue weighted by atomic mass is 9.43. The van der Waals surface area contributed by atoms with E-state index in [1.807, 2.05) is 11.3 Å². The first-order valence-corrected chi connectivity index (χ1v) is 25.6. The summed E-state index contributed by atoms with van der Waals surface area (Å²) in [5.41, 5.74) is 20.4. The SMILES string of the molecule is CC1(C)c2ccccc2-c2cccc(-c3ccc(N(c4ccc(-c5cccc6sc7c8ccccc8ccc7c56)cc4)c4ccc5c(c4)C4(c6ccccc6-5)C5CC6CC(C5)CC4C6)cc3)c21. The van der Waals surface area contributed by atoms with Crippen molar-refractivity contribution in [1.82, 2.24) is 0 Å². The van der Waals surface area contributed by atoms with Gasteiger partial charge in [0.05, 0.1) is 0 Å². The molecule has 4 saturated carbocycles. The molecule has 0 unspecified atom stereocenters. The number of fused-ring (bicyclic) bond motifs is 11. The van der Waals surface area contributed by atoms with Crippen LogP contribution in [0.4, 0.5) is 17.1 Å². The Morgan fingerprint density at radius 3 is 1.75 bits per heavy atom.